The Bertz CT molecular complexity index is 1230. The second-order valence-electron chi connectivity index (χ2n) is 8.05. The summed E-state index contributed by atoms with van der Waals surface area (Å²) in [5.41, 5.74) is 11.0. The minimum Gasteiger partial charge on any atom is -0.493 e. The summed E-state index contributed by atoms with van der Waals surface area (Å²) in [4.78, 5) is 0. The lowest BCUT2D eigenvalue weighted by molar-refractivity contribution is 0.230. The topological polar surface area (TPSA) is 95.3 Å². The molecular formula is C25H26N4O3. The van der Waals surface area contributed by atoms with Gasteiger partial charge in [-0.2, -0.15) is 10.4 Å². The second kappa shape index (κ2) is 8.31. The van der Waals surface area contributed by atoms with Gasteiger partial charge in [-0.15, -0.1) is 0 Å². The molecule has 0 saturated carbocycles. The molecule has 0 radical (unpaired) electrons. The molecule has 164 valence electrons. The van der Waals surface area contributed by atoms with Crippen LogP contribution in [0.15, 0.2) is 53.9 Å². The van der Waals surface area contributed by atoms with Gasteiger partial charge >= 0.3 is 0 Å². The average Bonchev–Trinajstić information content (AvgIpc) is 3.09. The summed E-state index contributed by atoms with van der Waals surface area (Å²) in [6.45, 7) is 7.85. The number of hydrogen-bond acceptors (Lipinski definition) is 6. The molecule has 0 fully saturated rings. The summed E-state index contributed by atoms with van der Waals surface area (Å²) in [6.07, 6.45) is 0.00429. The van der Waals surface area contributed by atoms with Crippen molar-refractivity contribution in [3.05, 3.63) is 76.3 Å². The van der Waals surface area contributed by atoms with Gasteiger partial charge in [-0.1, -0.05) is 23.8 Å². The monoisotopic (exact) mass is 430 g/mol. The Balaban J connectivity index is 1.89. The van der Waals surface area contributed by atoms with Crippen LogP contribution in [0, 0.1) is 25.2 Å². The van der Waals surface area contributed by atoms with Gasteiger partial charge in [-0.05, 0) is 57.5 Å². The lowest BCUT2D eigenvalue weighted by Crippen LogP contribution is -2.22. The number of aryl methyl sites for hydroxylation is 2. The van der Waals surface area contributed by atoms with Crippen molar-refractivity contribution in [2.24, 2.45) is 5.73 Å². The Hall–Kier alpha value is -3.92. The molecule has 1 aromatic heterocycles. The molecule has 0 aliphatic carbocycles. The van der Waals surface area contributed by atoms with Crippen molar-refractivity contribution < 1.29 is 14.2 Å². The zero-order chi connectivity index (χ0) is 23.0. The number of ether oxygens (including phenoxy) is 3. The van der Waals surface area contributed by atoms with E-state index < -0.39 is 5.92 Å². The van der Waals surface area contributed by atoms with E-state index in [1.54, 1.807) is 11.8 Å². The molecule has 4 rings (SSSR count). The van der Waals surface area contributed by atoms with Crippen LogP contribution in [-0.2, 0) is 0 Å². The van der Waals surface area contributed by atoms with Crippen molar-refractivity contribution in [1.29, 1.82) is 5.26 Å². The van der Waals surface area contributed by atoms with Crippen LogP contribution in [0.3, 0.4) is 0 Å². The lowest BCUT2D eigenvalue weighted by atomic mass is 9.84. The predicted octanol–water partition coefficient (Wildman–Crippen LogP) is 4.50. The van der Waals surface area contributed by atoms with Crippen LogP contribution in [0.2, 0.25) is 0 Å². The largest absolute Gasteiger partial charge is 0.493 e. The smallest absolute Gasteiger partial charge is 0.229 e. The van der Waals surface area contributed by atoms with E-state index in [4.69, 9.17) is 25.0 Å². The highest BCUT2D eigenvalue weighted by Crippen LogP contribution is 2.46. The molecule has 7 nitrogen and oxygen atoms in total. The van der Waals surface area contributed by atoms with Crippen molar-refractivity contribution in [3.8, 4) is 29.1 Å². The molecular weight excluding hydrogens is 404 g/mol. The van der Waals surface area contributed by atoms with Gasteiger partial charge in [0.1, 0.15) is 11.6 Å². The predicted molar refractivity (Wildman–Crippen MR) is 121 cm³/mol. The Labute approximate surface area is 187 Å². The van der Waals surface area contributed by atoms with Crippen LogP contribution in [0.5, 0.6) is 17.4 Å². The van der Waals surface area contributed by atoms with Crippen LogP contribution in [0.25, 0.3) is 5.69 Å². The van der Waals surface area contributed by atoms with E-state index in [9.17, 15) is 5.26 Å². The Morgan fingerprint density at radius 3 is 2.47 bits per heavy atom. The highest BCUT2D eigenvalue weighted by Gasteiger charge is 2.36. The fraction of sp³-hybridized carbons (Fsp3) is 0.280. The molecule has 0 saturated heterocycles. The number of nitriles is 1. The summed E-state index contributed by atoms with van der Waals surface area (Å²) in [5.74, 6) is 1.36. The molecule has 0 spiro atoms. The number of aromatic nitrogens is 2. The van der Waals surface area contributed by atoms with Gasteiger partial charge in [0.15, 0.2) is 11.5 Å². The van der Waals surface area contributed by atoms with Crippen LogP contribution in [0.4, 0.5) is 0 Å². The summed E-state index contributed by atoms with van der Waals surface area (Å²) in [7, 11) is 1.60. The van der Waals surface area contributed by atoms with Crippen molar-refractivity contribution in [1.82, 2.24) is 9.78 Å². The fourth-order valence-electron chi connectivity index (χ4n) is 3.92. The molecule has 1 atom stereocenters. The van der Waals surface area contributed by atoms with Crippen LogP contribution in [-0.4, -0.2) is 23.0 Å². The number of rotatable bonds is 5. The number of benzene rings is 2. The molecule has 32 heavy (non-hydrogen) atoms. The fourth-order valence-corrected chi connectivity index (χ4v) is 3.92. The average molecular weight is 431 g/mol. The van der Waals surface area contributed by atoms with Crippen molar-refractivity contribution in [2.45, 2.75) is 39.7 Å². The molecule has 2 aromatic carbocycles. The first-order valence-electron chi connectivity index (χ1n) is 10.4. The summed E-state index contributed by atoms with van der Waals surface area (Å²) in [6, 6.07) is 15.9. The van der Waals surface area contributed by atoms with Gasteiger partial charge in [-0.3, -0.25) is 0 Å². The number of nitrogens with zero attached hydrogens (tertiary/aromatic N) is 3. The van der Waals surface area contributed by atoms with E-state index in [2.05, 4.69) is 6.07 Å². The van der Waals surface area contributed by atoms with Gasteiger partial charge in [0.25, 0.3) is 0 Å². The van der Waals surface area contributed by atoms with Crippen molar-refractivity contribution >= 4 is 0 Å². The normalized spacial score (nSPS) is 15.2. The van der Waals surface area contributed by atoms with E-state index in [0.717, 1.165) is 28.1 Å². The highest BCUT2D eigenvalue weighted by atomic mass is 16.5. The molecule has 1 aliphatic heterocycles. The number of hydrogen-bond donors (Lipinski definition) is 1. The van der Waals surface area contributed by atoms with E-state index >= 15 is 0 Å². The van der Waals surface area contributed by atoms with Gasteiger partial charge in [0, 0.05) is 0 Å². The summed E-state index contributed by atoms with van der Waals surface area (Å²) >= 11 is 0. The first-order valence-corrected chi connectivity index (χ1v) is 10.4. The third-order valence-corrected chi connectivity index (χ3v) is 5.39. The van der Waals surface area contributed by atoms with E-state index in [1.165, 1.54) is 0 Å². The third-order valence-electron chi connectivity index (χ3n) is 5.39. The Morgan fingerprint density at radius 1 is 1.12 bits per heavy atom. The number of allylic oxidation sites excluding steroid dienone is 1. The molecule has 0 amide bonds. The molecule has 0 bridgehead atoms. The Morgan fingerprint density at radius 2 is 1.84 bits per heavy atom. The van der Waals surface area contributed by atoms with Gasteiger partial charge < -0.3 is 19.9 Å². The maximum absolute atomic E-state index is 9.91. The van der Waals surface area contributed by atoms with Gasteiger partial charge in [0.2, 0.25) is 11.8 Å². The minimum atomic E-state index is -0.440. The summed E-state index contributed by atoms with van der Waals surface area (Å²) in [5, 5.41) is 14.6. The lowest BCUT2D eigenvalue weighted by Gasteiger charge is -2.25. The third kappa shape index (κ3) is 3.65. The van der Waals surface area contributed by atoms with Crippen LogP contribution in [0.1, 0.15) is 42.1 Å². The molecule has 1 aliphatic rings. The van der Waals surface area contributed by atoms with E-state index in [1.807, 2.05) is 70.2 Å². The first kappa shape index (κ1) is 21.3. The molecule has 0 unspecified atom stereocenters. The standard InChI is InChI=1S/C25H26N4O3/c1-14(2)31-20-11-8-17(12-21(20)30-5)23-19(13-26)24(27)32-25-22(23)16(4)28-29(25)18-9-6-15(3)7-10-18/h6-12,14,23H,27H2,1-5H3/t23-/m1/s1. The maximum Gasteiger partial charge on any atom is 0.229 e. The van der Waals surface area contributed by atoms with E-state index in [-0.39, 0.29) is 12.0 Å². The molecule has 3 aromatic rings. The van der Waals surface area contributed by atoms with Crippen molar-refractivity contribution in [3.63, 3.8) is 0 Å². The Kier molecular flexibility index (Phi) is 5.54. The van der Waals surface area contributed by atoms with Gasteiger partial charge in [0.05, 0.1) is 36.1 Å². The zero-order valence-corrected chi connectivity index (χ0v) is 18.8. The highest BCUT2D eigenvalue weighted by molar-refractivity contribution is 5.59. The van der Waals surface area contributed by atoms with Crippen LogP contribution >= 0.6 is 0 Å². The SMILES string of the molecule is COc1cc([C@@H]2C(C#N)=C(N)Oc3c2c(C)nn3-c2ccc(C)cc2)ccc1OC(C)C. The molecule has 2 N–H and O–H groups in total. The maximum atomic E-state index is 9.91. The van der Waals surface area contributed by atoms with Crippen molar-refractivity contribution in [2.75, 3.05) is 7.11 Å². The number of methoxy groups -OCH3 is 1. The number of fused-ring (bicyclic) bond motifs is 1. The quantitative estimate of drug-likeness (QED) is 0.640. The van der Waals surface area contributed by atoms with Crippen LogP contribution < -0.4 is 19.9 Å². The minimum absolute atomic E-state index is 0.00429. The first-order chi connectivity index (χ1) is 15.3. The zero-order valence-electron chi connectivity index (χ0n) is 18.8. The van der Waals surface area contributed by atoms with Gasteiger partial charge in [-0.25, -0.2) is 4.68 Å². The second-order valence-corrected chi connectivity index (χ2v) is 8.05. The van der Waals surface area contributed by atoms with E-state index in [0.29, 0.717) is 23.0 Å². The molecule has 7 heteroatoms. The number of nitrogens with two attached hydrogens (primary N) is 1. The summed E-state index contributed by atoms with van der Waals surface area (Å²) < 4.78 is 19.1. The molecule has 2 heterocycles.